The summed E-state index contributed by atoms with van der Waals surface area (Å²) in [5, 5.41) is 4.06. The fourth-order valence-corrected chi connectivity index (χ4v) is 3.49. The van der Waals surface area contributed by atoms with Gasteiger partial charge in [0.2, 0.25) is 0 Å². The van der Waals surface area contributed by atoms with Gasteiger partial charge in [0.05, 0.1) is 23.6 Å². The summed E-state index contributed by atoms with van der Waals surface area (Å²) in [6, 6.07) is 8.54. The Morgan fingerprint density at radius 3 is 3.00 bits per heavy atom. The van der Waals surface area contributed by atoms with Gasteiger partial charge in [0.1, 0.15) is 12.4 Å². The van der Waals surface area contributed by atoms with Crippen LogP contribution in [0.3, 0.4) is 0 Å². The van der Waals surface area contributed by atoms with Gasteiger partial charge in [0.25, 0.3) is 5.89 Å². The Labute approximate surface area is 140 Å². The molecule has 0 amide bonds. The highest BCUT2D eigenvalue weighted by Gasteiger charge is 2.30. The molecule has 7 heteroatoms. The third-order valence-corrected chi connectivity index (χ3v) is 4.61. The predicted molar refractivity (Wildman–Crippen MR) is 88.1 cm³/mol. The van der Waals surface area contributed by atoms with Gasteiger partial charge in [-0.2, -0.15) is 4.98 Å². The molecule has 2 aromatic heterocycles. The second kappa shape index (κ2) is 6.33. The van der Waals surface area contributed by atoms with E-state index in [0.29, 0.717) is 24.9 Å². The number of rotatable bonds is 5. The van der Waals surface area contributed by atoms with Crippen molar-refractivity contribution in [3.05, 3.63) is 41.8 Å². The average molecular weight is 327 g/mol. The van der Waals surface area contributed by atoms with Crippen molar-refractivity contribution in [3.63, 3.8) is 0 Å². The first-order valence-electron chi connectivity index (χ1n) is 8.22. The number of benzene rings is 1. The number of nitrogens with zero attached hydrogens (tertiary/aromatic N) is 5. The van der Waals surface area contributed by atoms with E-state index in [4.69, 9.17) is 14.2 Å². The molecule has 0 saturated carbocycles. The Balaban J connectivity index is 1.58. The highest BCUT2D eigenvalue weighted by atomic mass is 16.5. The zero-order valence-corrected chi connectivity index (χ0v) is 14.0. The minimum Gasteiger partial charge on any atom is -0.375 e. The molecule has 3 aromatic rings. The molecule has 0 aliphatic carbocycles. The average Bonchev–Trinajstić information content (AvgIpc) is 3.29. The van der Waals surface area contributed by atoms with Crippen LogP contribution in [0.1, 0.15) is 36.4 Å². The zero-order valence-electron chi connectivity index (χ0n) is 14.0. The van der Waals surface area contributed by atoms with E-state index in [1.807, 2.05) is 6.07 Å². The van der Waals surface area contributed by atoms with E-state index in [0.717, 1.165) is 30.7 Å². The first kappa shape index (κ1) is 15.3. The molecule has 24 heavy (non-hydrogen) atoms. The number of hydrogen-bond donors (Lipinski definition) is 0. The molecule has 1 atom stereocenters. The molecule has 0 N–H and O–H groups in total. The van der Waals surface area contributed by atoms with Crippen molar-refractivity contribution >= 4 is 11.0 Å². The van der Waals surface area contributed by atoms with Crippen molar-refractivity contribution < 1.29 is 9.26 Å². The van der Waals surface area contributed by atoms with Crippen molar-refractivity contribution in [2.24, 2.45) is 7.05 Å². The Hall–Kier alpha value is -2.25. The van der Waals surface area contributed by atoms with Crippen molar-refractivity contribution in [2.45, 2.75) is 32.0 Å². The molecule has 1 fully saturated rings. The molecule has 1 saturated heterocycles. The lowest BCUT2D eigenvalue weighted by molar-refractivity contribution is 0.151. The molecule has 4 rings (SSSR count). The number of para-hydroxylation sites is 2. The Morgan fingerprint density at radius 2 is 2.17 bits per heavy atom. The summed E-state index contributed by atoms with van der Waals surface area (Å²) in [5.41, 5.74) is 2.21. The van der Waals surface area contributed by atoms with E-state index < -0.39 is 0 Å². The van der Waals surface area contributed by atoms with Crippen LogP contribution in [0.4, 0.5) is 0 Å². The molecule has 3 heterocycles. The van der Waals surface area contributed by atoms with E-state index in [1.54, 1.807) is 7.11 Å². The molecular weight excluding hydrogens is 306 g/mol. The van der Waals surface area contributed by atoms with Gasteiger partial charge in [-0.1, -0.05) is 17.3 Å². The van der Waals surface area contributed by atoms with E-state index in [9.17, 15) is 0 Å². The smallest absolute Gasteiger partial charge is 0.252 e. The maximum Gasteiger partial charge on any atom is 0.252 e. The highest BCUT2D eigenvalue weighted by Crippen LogP contribution is 2.33. The van der Waals surface area contributed by atoms with E-state index in [-0.39, 0.29) is 6.04 Å². The first-order valence-corrected chi connectivity index (χ1v) is 8.22. The second-order valence-electron chi connectivity index (χ2n) is 6.18. The second-order valence-corrected chi connectivity index (χ2v) is 6.18. The van der Waals surface area contributed by atoms with Gasteiger partial charge in [-0.3, -0.25) is 4.90 Å². The summed E-state index contributed by atoms with van der Waals surface area (Å²) >= 11 is 0. The monoisotopic (exact) mass is 327 g/mol. The summed E-state index contributed by atoms with van der Waals surface area (Å²) < 4.78 is 12.4. The van der Waals surface area contributed by atoms with Crippen molar-refractivity contribution in [2.75, 3.05) is 13.7 Å². The molecule has 1 unspecified atom stereocenters. The van der Waals surface area contributed by atoms with Crippen molar-refractivity contribution in [3.8, 4) is 0 Å². The molecule has 0 radical (unpaired) electrons. The van der Waals surface area contributed by atoms with Crippen LogP contribution in [0, 0.1) is 0 Å². The van der Waals surface area contributed by atoms with Gasteiger partial charge in [-0.05, 0) is 31.5 Å². The first-order chi connectivity index (χ1) is 11.8. The molecule has 7 nitrogen and oxygen atoms in total. The number of imidazole rings is 1. The van der Waals surface area contributed by atoms with Gasteiger partial charge in [0, 0.05) is 14.2 Å². The third kappa shape index (κ3) is 2.70. The number of fused-ring (bicyclic) bond motifs is 1. The van der Waals surface area contributed by atoms with Gasteiger partial charge < -0.3 is 13.8 Å². The van der Waals surface area contributed by atoms with Crippen LogP contribution < -0.4 is 0 Å². The predicted octanol–water partition coefficient (Wildman–Crippen LogP) is 2.44. The minimum absolute atomic E-state index is 0.284. The normalized spacial score (nSPS) is 18.7. The van der Waals surface area contributed by atoms with Gasteiger partial charge in [0.15, 0.2) is 5.82 Å². The van der Waals surface area contributed by atoms with E-state index in [1.165, 1.54) is 5.52 Å². The maximum absolute atomic E-state index is 5.19. The van der Waals surface area contributed by atoms with Gasteiger partial charge in [-0.15, -0.1) is 0 Å². The lowest BCUT2D eigenvalue weighted by Crippen LogP contribution is -2.25. The minimum atomic E-state index is 0.284. The highest BCUT2D eigenvalue weighted by molar-refractivity contribution is 5.75. The standard InChI is InChI=1S/C17H21N5O2/c1-21-13-7-4-3-6-12(13)18-17(21)14-8-5-9-22(14)10-15-19-16(11-23-2)24-20-15/h3-4,6-7,14H,5,8-11H2,1-2H3. The fraction of sp³-hybridized carbons (Fsp3) is 0.471. The number of aryl methyl sites for hydroxylation is 1. The van der Waals surface area contributed by atoms with Gasteiger partial charge >= 0.3 is 0 Å². The number of ether oxygens (including phenoxy) is 1. The Morgan fingerprint density at radius 1 is 1.29 bits per heavy atom. The Kier molecular flexibility index (Phi) is 4.03. The summed E-state index contributed by atoms with van der Waals surface area (Å²) in [5.74, 6) is 2.33. The summed E-state index contributed by atoms with van der Waals surface area (Å²) in [6.45, 7) is 2.03. The van der Waals surface area contributed by atoms with Crippen molar-refractivity contribution in [1.82, 2.24) is 24.6 Å². The number of likely N-dealkylation sites (tertiary alicyclic amines) is 1. The fourth-order valence-electron chi connectivity index (χ4n) is 3.49. The van der Waals surface area contributed by atoms with Crippen LogP contribution in [0.5, 0.6) is 0 Å². The number of hydrogen-bond acceptors (Lipinski definition) is 6. The molecule has 1 aliphatic rings. The molecule has 1 aliphatic heterocycles. The quantitative estimate of drug-likeness (QED) is 0.717. The summed E-state index contributed by atoms with van der Waals surface area (Å²) in [6.07, 6.45) is 2.25. The van der Waals surface area contributed by atoms with Crippen LogP contribution in [0.15, 0.2) is 28.8 Å². The lowest BCUT2D eigenvalue weighted by atomic mass is 10.2. The van der Waals surface area contributed by atoms with Crippen LogP contribution >= 0.6 is 0 Å². The summed E-state index contributed by atoms with van der Waals surface area (Å²) in [4.78, 5) is 11.6. The topological polar surface area (TPSA) is 69.2 Å². The molecule has 1 aromatic carbocycles. The maximum atomic E-state index is 5.19. The third-order valence-electron chi connectivity index (χ3n) is 4.61. The molecular formula is C17H21N5O2. The van der Waals surface area contributed by atoms with E-state index in [2.05, 4.69) is 44.9 Å². The van der Waals surface area contributed by atoms with Crippen LogP contribution in [0.25, 0.3) is 11.0 Å². The van der Waals surface area contributed by atoms with Crippen LogP contribution in [0.2, 0.25) is 0 Å². The summed E-state index contributed by atoms with van der Waals surface area (Å²) in [7, 11) is 3.71. The SMILES string of the molecule is COCc1nc(CN2CCCC2c2nc3ccccc3n2C)no1. The van der Waals surface area contributed by atoms with Crippen LogP contribution in [-0.4, -0.2) is 38.2 Å². The molecule has 126 valence electrons. The molecule has 0 spiro atoms. The van der Waals surface area contributed by atoms with Gasteiger partial charge in [-0.25, -0.2) is 4.98 Å². The number of methoxy groups -OCH3 is 1. The Bertz CT molecular complexity index is 840. The largest absolute Gasteiger partial charge is 0.375 e. The van der Waals surface area contributed by atoms with E-state index >= 15 is 0 Å². The number of aromatic nitrogens is 4. The lowest BCUT2D eigenvalue weighted by Gasteiger charge is -2.22. The zero-order chi connectivity index (χ0) is 16.5. The van der Waals surface area contributed by atoms with Crippen molar-refractivity contribution in [1.29, 1.82) is 0 Å². The van der Waals surface area contributed by atoms with Crippen LogP contribution in [-0.2, 0) is 24.9 Å². The molecule has 0 bridgehead atoms.